The van der Waals surface area contributed by atoms with Gasteiger partial charge in [0, 0.05) is 6.42 Å². The molecule has 0 unspecified atom stereocenters. The van der Waals surface area contributed by atoms with Crippen LogP contribution in [0.2, 0.25) is 0 Å². The van der Waals surface area contributed by atoms with E-state index in [0.717, 1.165) is 6.29 Å². The molecule has 0 fully saturated rings. The highest BCUT2D eigenvalue weighted by Gasteiger charge is 2.12. The number of carbonyl (C=O) groups is 1. The van der Waals surface area contributed by atoms with Crippen LogP contribution in [-0.2, 0) is 4.79 Å². The van der Waals surface area contributed by atoms with Gasteiger partial charge in [0.15, 0.2) is 0 Å². The number of benzene rings is 1. The molecule has 0 spiro atoms. The lowest BCUT2D eigenvalue weighted by atomic mass is 10.1. The molecule has 0 heterocycles. The predicted molar refractivity (Wildman–Crippen MR) is 59.4 cm³/mol. The molecule has 0 amide bonds. The number of nitro benzene ring substituents is 1. The molecule has 1 aromatic rings. The minimum atomic E-state index is -0.483. The Hall–Kier alpha value is -2.17. The minimum absolute atomic E-state index is 0.0403. The van der Waals surface area contributed by atoms with Gasteiger partial charge in [-0.2, -0.15) is 0 Å². The first-order valence-corrected chi connectivity index (χ1v) is 4.61. The maximum atomic E-state index is 10.8. The Kier molecular flexibility index (Phi) is 4.20. The van der Waals surface area contributed by atoms with Crippen LogP contribution in [-0.4, -0.2) is 18.3 Å². The predicted octanol–water partition coefficient (Wildman–Crippen LogP) is 2.21. The molecule has 0 saturated heterocycles. The molecule has 5 heteroatoms. The van der Waals surface area contributed by atoms with Gasteiger partial charge in [0.2, 0.25) is 0 Å². The van der Waals surface area contributed by atoms with E-state index in [1.807, 2.05) is 0 Å². The van der Waals surface area contributed by atoms with E-state index in [2.05, 4.69) is 0 Å². The third-order valence-electron chi connectivity index (χ3n) is 1.96. The molecule has 1 aromatic carbocycles. The quantitative estimate of drug-likeness (QED) is 0.434. The number of carbonyl (C=O) groups excluding carboxylic acids is 1. The largest absolute Gasteiger partial charge is 0.497 e. The highest BCUT2D eigenvalue weighted by molar-refractivity contribution is 5.65. The Morgan fingerprint density at radius 2 is 2.25 bits per heavy atom. The molecule has 0 bridgehead atoms. The van der Waals surface area contributed by atoms with Crippen LogP contribution in [0.15, 0.2) is 24.3 Å². The zero-order valence-corrected chi connectivity index (χ0v) is 8.75. The summed E-state index contributed by atoms with van der Waals surface area (Å²) < 4.78 is 4.90. The summed E-state index contributed by atoms with van der Waals surface area (Å²) in [7, 11) is 1.45. The number of nitrogens with zero attached hydrogens (tertiary/aromatic N) is 1. The van der Waals surface area contributed by atoms with E-state index in [9.17, 15) is 14.9 Å². The number of aldehydes is 1. The van der Waals surface area contributed by atoms with Crippen molar-refractivity contribution < 1.29 is 14.5 Å². The smallest absolute Gasteiger partial charge is 0.280 e. The van der Waals surface area contributed by atoms with E-state index >= 15 is 0 Å². The van der Waals surface area contributed by atoms with E-state index in [-0.39, 0.29) is 12.1 Å². The first kappa shape index (κ1) is 11.9. The van der Waals surface area contributed by atoms with Crippen LogP contribution in [0.5, 0.6) is 5.75 Å². The average molecular weight is 221 g/mol. The van der Waals surface area contributed by atoms with Gasteiger partial charge in [-0.05, 0) is 12.1 Å². The Balaban J connectivity index is 3.07. The van der Waals surface area contributed by atoms with Crippen LogP contribution in [0.1, 0.15) is 12.0 Å². The van der Waals surface area contributed by atoms with Crippen molar-refractivity contribution in [1.82, 2.24) is 0 Å². The third-order valence-corrected chi connectivity index (χ3v) is 1.96. The Labute approximate surface area is 92.5 Å². The van der Waals surface area contributed by atoms with E-state index in [0.29, 0.717) is 11.3 Å². The van der Waals surface area contributed by atoms with E-state index in [4.69, 9.17) is 4.74 Å². The van der Waals surface area contributed by atoms with Crippen molar-refractivity contribution in [3.8, 4) is 5.75 Å². The maximum absolute atomic E-state index is 10.8. The first-order chi connectivity index (χ1) is 7.69. The van der Waals surface area contributed by atoms with Crippen molar-refractivity contribution in [2.75, 3.05) is 7.11 Å². The fourth-order valence-corrected chi connectivity index (χ4v) is 1.20. The molecule has 0 aromatic heterocycles. The van der Waals surface area contributed by atoms with Crippen molar-refractivity contribution in [3.05, 3.63) is 40.0 Å². The van der Waals surface area contributed by atoms with Crippen LogP contribution in [0.3, 0.4) is 0 Å². The van der Waals surface area contributed by atoms with Gasteiger partial charge in [-0.15, -0.1) is 0 Å². The summed E-state index contributed by atoms with van der Waals surface area (Å²) in [6, 6.07) is 4.56. The SMILES string of the molecule is COc1ccc(C=CCC=O)c([N+](=O)[O-])c1. The van der Waals surface area contributed by atoms with Crippen molar-refractivity contribution in [1.29, 1.82) is 0 Å². The molecule has 0 aliphatic heterocycles. The lowest BCUT2D eigenvalue weighted by molar-refractivity contribution is -0.385. The number of allylic oxidation sites excluding steroid dienone is 1. The van der Waals surface area contributed by atoms with E-state index in [1.165, 1.54) is 13.2 Å². The van der Waals surface area contributed by atoms with E-state index in [1.54, 1.807) is 24.3 Å². The molecule has 0 N–H and O–H groups in total. The second-order valence-electron chi connectivity index (χ2n) is 2.99. The third kappa shape index (κ3) is 2.91. The summed E-state index contributed by atoms with van der Waals surface area (Å²) in [6.45, 7) is 0. The number of hydrogen-bond donors (Lipinski definition) is 0. The standard InChI is InChI=1S/C11H11NO4/c1-16-10-6-5-9(4-2-3-7-13)11(8-10)12(14)15/h2,4-8H,3H2,1H3. The summed E-state index contributed by atoms with van der Waals surface area (Å²) >= 11 is 0. The first-order valence-electron chi connectivity index (χ1n) is 4.61. The second kappa shape index (κ2) is 5.65. The Bertz CT molecular complexity index is 426. The lowest BCUT2D eigenvalue weighted by Gasteiger charge is -2.01. The highest BCUT2D eigenvalue weighted by atomic mass is 16.6. The van der Waals surface area contributed by atoms with Crippen LogP contribution in [0.25, 0.3) is 6.08 Å². The molecule has 1 rings (SSSR count). The van der Waals surface area contributed by atoms with Crippen molar-refractivity contribution in [2.24, 2.45) is 0 Å². The summed E-state index contributed by atoms with van der Waals surface area (Å²) in [5.74, 6) is 0.430. The lowest BCUT2D eigenvalue weighted by Crippen LogP contribution is -1.93. The molecular formula is C11H11NO4. The van der Waals surface area contributed by atoms with Gasteiger partial charge in [0.25, 0.3) is 5.69 Å². The van der Waals surface area contributed by atoms with Crippen molar-refractivity contribution in [2.45, 2.75) is 6.42 Å². The van der Waals surface area contributed by atoms with Crippen molar-refractivity contribution >= 4 is 18.0 Å². The zero-order chi connectivity index (χ0) is 12.0. The summed E-state index contributed by atoms with van der Waals surface area (Å²) in [4.78, 5) is 20.4. The fraction of sp³-hybridized carbons (Fsp3) is 0.182. The topological polar surface area (TPSA) is 69.4 Å². The number of rotatable bonds is 5. The van der Waals surface area contributed by atoms with E-state index < -0.39 is 4.92 Å². The normalized spacial score (nSPS) is 10.3. The van der Waals surface area contributed by atoms with Gasteiger partial charge in [-0.1, -0.05) is 12.2 Å². The molecule has 16 heavy (non-hydrogen) atoms. The van der Waals surface area contributed by atoms with Crippen molar-refractivity contribution in [3.63, 3.8) is 0 Å². The molecule has 0 radical (unpaired) electrons. The van der Waals surface area contributed by atoms with Crippen LogP contribution in [0.4, 0.5) is 5.69 Å². The van der Waals surface area contributed by atoms with Gasteiger partial charge in [-0.25, -0.2) is 0 Å². The Morgan fingerprint density at radius 1 is 1.50 bits per heavy atom. The number of methoxy groups -OCH3 is 1. The molecule has 0 aliphatic rings. The maximum Gasteiger partial charge on any atom is 0.280 e. The fourth-order valence-electron chi connectivity index (χ4n) is 1.20. The average Bonchev–Trinajstić information content (AvgIpc) is 2.29. The zero-order valence-electron chi connectivity index (χ0n) is 8.75. The molecule has 0 aliphatic carbocycles. The van der Waals surface area contributed by atoms with Gasteiger partial charge in [0.05, 0.1) is 23.7 Å². The molecular weight excluding hydrogens is 210 g/mol. The van der Waals surface area contributed by atoms with Crippen LogP contribution < -0.4 is 4.74 Å². The molecule has 0 saturated carbocycles. The number of nitro groups is 1. The second-order valence-corrected chi connectivity index (χ2v) is 2.99. The summed E-state index contributed by atoms with van der Waals surface area (Å²) in [5.41, 5.74) is 0.411. The van der Waals surface area contributed by atoms with Gasteiger partial charge in [0.1, 0.15) is 12.0 Å². The van der Waals surface area contributed by atoms with Crippen LogP contribution >= 0.6 is 0 Å². The summed E-state index contributed by atoms with van der Waals surface area (Å²) in [6.07, 6.45) is 4.09. The minimum Gasteiger partial charge on any atom is -0.497 e. The van der Waals surface area contributed by atoms with Crippen LogP contribution in [0, 0.1) is 10.1 Å². The molecule has 84 valence electrons. The Morgan fingerprint density at radius 3 is 2.81 bits per heavy atom. The highest BCUT2D eigenvalue weighted by Crippen LogP contribution is 2.25. The number of ether oxygens (including phenoxy) is 1. The van der Waals surface area contributed by atoms with Gasteiger partial charge in [-0.3, -0.25) is 10.1 Å². The summed E-state index contributed by atoms with van der Waals surface area (Å²) in [5, 5.41) is 10.8. The molecule has 0 atom stereocenters. The van der Waals surface area contributed by atoms with Gasteiger partial charge < -0.3 is 9.53 Å². The monoisotopic (exact) mass is 221 g/mol. The molecule has 5 nitrogen and oxygen atoms in total. The number of hydrogen-bond acceptors (Lipinski definition) is 4. The van der Waals surface area contributed by atoms with Gasteiger partial charge >= 0.3 is 0 Å².